The van der Waals surface area contributed by atoms with Crippen molar-refractivity contribution in [2.45, 2.75) is 72.0 Å². The largest absolute Gasteiger partial charge is 0.464 e. The first-order chi connectivity index (χ1) is 17.2. The molecule has 0 saturated heterocycles. The van der Waals surface area contributed by atoms with Gasteiger partial charge in [0, 0.05) is 17.8 Å². The van der Waals surface area contributed by atoms with Crippen LogP contribution in [0.25, 0.3) is 0 Å². The molecule has 0 aliphatic heterocycles. The van der Waals surface area contributed by atoms with Gasteiger partial charge >= 0.3 is 5.97 Å². The van der Waals surface area contributed by atoms with Gasteiger partial charge in [-0.15, -0.1) is 11.3 Å². The van der Waals surface area contributed by atoms with E-state index in [0.717, 1.165) is 5.56 Å². The maximum atomic E-state index is 13.9. The summed E-state index contributed by atoms with van der Waals surface area (Å²) in [4.78, 5) is 45.6. The third-order valence-electron chi connectivity index (χ3n) is 6.76. The van der Waals surface area contributed by atoms with E-state index < -0.39 is 28.9 Å². The molecular weight excluding hydrogens is 488 g/mol. The topological polar surface area (TPSA) is 101 Å². The Hall–Kier alpha value is -2.78. The fraction of sp³-hybridized carbons (Fsp3) is 0.571. The molecule has 0 aliphatic carbocycles. The van der Waals surface area contributed by atoms with Crippen LogP contribution in [0.2, 0.25) is 0 Å². The maximum absolute atomic E-state index is 13.9. The highest BCUT2D eigenvalue weighted by Gasteiger charge is 2.42. The van der Waals surface area contributed by atoms with Crippen molar-refractivity contribution in [3.05, 3.63) is 52.0 Å². The number of ether oxygens (including phenoxy) is 1. The predicted octanol–water partition coefficient (Wildman–Crippen LogP) is 4.18. The van der Waals surface area contributed by atoms with Gasteiger partial charge in [-0.1, -0.05) is 78.8 Å². The lowest BCUT2D eigenvalue weighted by Crippen LogP contribution is -2.61. The smallest absolute Gasteiger partial charge is 0.357 e. The zero-order valence-electron chi connectivity index (χ0n) is 23.7. The Morgan fingerprint density at radius 3 is 2.11 bits per heavy atom. The standard InChI is InChI=1S/C28H42N4O4S/c1-17(2)20(24-30-19(16-37-24)26(35)36-10)32(9)25(34)22(27(3,4)5)31-23(33)21(29-8)28(6,7)18-14-12-11-13-15-18/h11-17,20-22,29H,1-10H3,(H,31,33). The molecule has 37 heavy (non-hydrogen) atoms. The normalized spacial score (nSPS) is 14.6. The quantitative estimate of drug-likeness (QED) is 0.447. The van der Waals surface area contributed by atoms with Crippen molar-refractivity contribution in [3.63, 3.8) is 0 Å². The summed E-state index contributed by atoms with van der Waals surface area (Å²) in [6.45, 7) is 13.8. The highest BCUT2D eigenvalue weighted by Crippen LogP contribution is 2.33. The predicted molar refractivity (Wildman–Crippen MR) is 148 cm³/mol. The Labute approximate surface area is 225 Å². The molecule has 1 heterocycles. The summed E-state index contributed by atoms with van der Waals surface area (Å²) in [5.74, 6) is -0.968. The van der Waals surface area contributed by atoms with Gasteiger partial charge in [-0.2, -0.15) is 0 Å². The van der Waals surface area contributed by atoms with Crippen LogP contribution in [0.5, 0.6) is 0 Å². The van der Waals surface area contributed by atoms with Crippen LogP contribution in [-0.4, -0.2) is 61.0 Å². The summed E-state index contributed by atoms with van der Waals surface area (Å²) in [5, 5.41) is 8.50. The van der Waals surface area contributed by atoms with Gasteiger partial charge in [0.1, 0.15) is 11.0 Å². The summed E-state index contributed by atoms with van der Waals surface area (Å²) in [5.41, 5.74) is 0.154. The maximum Gasteiger partial charge on any atom is 0.357 e. The van der Waals surface area contributed by atoms with Crippen LogP contribution in [0, 0.1) is 11.3 Å². The monoisotopic (exact) mass is 530 g/mol. The third-order valence-corrected chi connectivity index (χ3v) is 7.67. The zero-order chi connectivity index (χ0) is 28.1. The Kier molecular flexibility index (Phi) is 10.0. The van der Waals surface area contributed by atoms with Crippen LogP contribution in [0.1, 0.15) is 75.6 Å². The SMILES string of the molecule is CNC(C(=O)NC(C(=O)N(C)C(c1nc(C(=O)OC)cs1)C(C)C)C(C)(C)C)C(C)(C)c1ccccc1. The molecule has 2 aromatic rings. The van der Waals surface area contributed by atoms with E-state index in [1.165, 1.54) is 18.4 Å². The third kappa shape index (κ3) is 6.96. The number of hydrogen-bond donors (Lipinski definition) is 2. The van der Waals surface area contributed by atoms with Gasteiger partial charge in [0.15, 0.2) is 5.69 Å². The Balaban J connectivity index is 2.36. The fourth-order valence-electron chi connectivity index (χ4n) is 4.59. The minimum atomic E-state index is -0.784. The number of nitrogens with one attached hydrogen (secondary N) is 2. The minimum Gasteiger partial charge on any atom is -0.464 e. The molecule has 0 spiro atoms. The number of benzene rings is 1. The number of carbonyl (C=O) groups is 3. The fourth-order valence-corrected chi connectivity index (χ4v) is 5.69. The van der Waals surface area contributed by atoms with Gasteiger partial charge in [-0.3, -0.25) is 9.59 Å². The van der Waals surface area contributed by atoms with Crippen LogP contribution in [0.3, 0.4) is 0 Å². The molecule has 3 atom stereocenters. The Morgan fingerprint density at radius 2 is 1.62 bits per heavy atom. The molecule has 8 nitrogen and oxygen atoms in total. The second kappa shape index (κ2) is 12.2. The number of methoxy groups -OCH3 is 1. The van der Waals surface area contributed by atoms with E-state index in [-0.39, 0.29) is 29.5 Å². The van der Waals surface area contributed by atoms with Crippen LogP contribution in [0.15, 0.2) is 35.7 Å². The number of esters is 1. The Bertz CT molecular complexity index is 1080. The summed E-state index contributed by atoms with van der Waals surface area (Å²) in [6.07, 6.45) is 0. The van der Waals surface area contributed by atoms with Crippen molar-refractivity contribution < 1.29 is 19.1 Å². The number of hydrogen-bond acceptors (Lipinski definition) is 7. The number of carbonyl (C=O) groups excluding carboxylic acids is 3. The molecule has 2 rings (SSSR count). The van der Waals surface area contributed by atoms with E-state index in [2.05, 4.69) is 15.6 Å². The number of nitrogens with zero attached hydrogens (tertiary/aromatic N) is 2. The van der Waals surface area contributed by atoms with Crippen LogP contribution >= 0.6 is 11.3 Å². The van der Waals surface area contributed by atoms with Crippen molar-refractivity contribution in [1.29, 1.82) is 0 Å². The van der Waals surface area contributed by atoms with Crippen molar-refractivity contribution in [1.82, 2.24) is 20.5 Å². The summed E-state index contributed by atoms with van der Waals surface area (Å²) < 4.78 is 4.79. The highest BCUT2D eigenvalue weighted by atomic mass is 32.1. The lowest BCUT2D eigenvalue weighted by molar-refractivity contribution is -0.141. The Morgan fingerprint density at radius 1 is 1.03 bits per heavy atom. The number of rotatable bonds is 10. The van der Waals surface area contributed by atoms with Crippen molar-refractivity contribution in [2.75, 3.05) is 21.2 Å². The summed E-state index contributed by atoms with van der Waals surface area (Å²) in [6, 6.07) is 8.12. The van der Waals surface area contributed by atoms with E-state index in [4.69, 9.17) is 4.74 Å². The summed E-state index contributed by atoms with van der Waals surface area (Å²) in [7, 11) is 4.79. The number of likely N-dealkylation sites (N-methyl/N-ethyl adjacent to an activating group) is 2. The molecule has 9 heteroatoms. The van der Waals surface area contributed by atoms with Gasteiger partial charge in [0.05, 0.1) is 19.2 Å². The lowest BCUT2D eigenvalue weighted by Gasteiger charge is -2.40. The molecule has 0 bridgehead atoms. The van der Waals surface area contributed by atoms with E-state index in [1.807, 2.05) is 78.8 Å². The van der Waals surface area contributed by atoms with Gasteiger partial charge < -0.3 is 20.3 Å². The molecule has 2 N–H and O–H groups in total. The molecule has 0 saturated carbocycles. The van der Waals surface area contributed by atoms with Gasteiger partial charge in [-0.25, -0.2) is 9.78 Å². The van der Waals surface area contributed by atoms with Gasteiger partial charge in [-0.05, 0) is 23.9 Å². The molecule has 0 radical (unpaired) electrons. The average molecular weight is 531 g/mol. The van der Waals surface area contributed by atoms with E-state index in [1.54, 1.807) is 24.4 Å². The van der Waals surface area contributed by atoms with Crippen molar-refractivity contribution in [3.8, 4) is 0 Å². The molecule has 204 valence electrons. The van der Waals surface area contributed by atoms with Gasteiger partial charge in [0.2, 0.25) is 11.8 Å². The number of thiazole rings is 1. The van der Waals surface area contributed by atoms with Crippen LogP contribution in [0.4, 0.5) is 0 Å². The first-order valence-corrected chi connectivity index (χ1v) is 13.4. The summed E-state index contributed by atoms with van der Waals surface area (Å²) >= 11 is 1.31. The molecule has 3 unspecified atom stereocenters. The highest BCUT2D eigenvalue weighted by molar-refractivity contribution is 7.09. The molecule has 1 aromatic carbocycles. The van der Waals surface area contributed by atoms with E-state index in [9.17, 15) is 14.4 Å². The van der Waals surface area contributed by atoms with Crippen LogP contribution < -0.4 is 10.6 Å². The molecule has 2 amide bonds. The first kappa shape index (κ1) is 30.4. The second-order valence-electron chi connectivity index (χ2n) is 11.3. The number of amides is 2. The van der Waals surface area contributed by atoms with Crippen molar-refractivity contribution in [2.24, 2.45) is 11.3 Å². The van der Waals surface area contributed by atoms with Gasteiger partial charge in [0.25, 0.3) is 0 Å². The zero-order valence-corrected chi connectivity index (χ0v) is 24.5. The molecule has 0 fully saturated rings. The first-order valence-electron chi connectivity index (χ1n) is 12.5. The molecule has 1 aromatic heterocycles. The van der Waals surface area contributed by atoms with Crippen molar-refractivity contribution >= 4 is 29.1 Å². The number of aromatic nitrogens is 1. The van der Waals surface area contributed by atoms with Crippen LogP contribution in [-0.2, 0) is 19.7 Å². The van der Waals surface area contributed by atoms with E-state index in [0.29, 0.717) is 5.01 Å². The molecular formula is C28H42N4O4S. The average Bonchev–Trinajstić information content (AvgIpc) is 3.31. The minimum absolute atomic E-state index is 0.0176. The second-order valence-corrected chi connectivity index (χ2v) is 12.2. The molecule has 0 aliphatic rings. The van der Waals surface area contributed by atoms with E-state index >= 15 is 0 Å². The lowest BCUT2D eigenvalue weighted by atomic mass is 9.76.